The van der Waals surface area contributed by atoms with E-state index in [1.165, 1.54) is 25.7 Å². The van der Waals surface area contributed by atoms with Gasteiger partial charge in [-0.25, -0.2) is 0 Å². The first-order valence-corrected chi connectivity index (χ1v) is 7.16. The summed E-state index contributed by atoms with van der Waals surface area (Å²) in [5, 5.41) is 9.76. The molecule has 11 heavy (non-hydrogen) atoms. The summed E-state index contributed by atoms with van der Waals surface area (Å²) in [6.45, 7) is 0. The first kappa shape index (κ1) is 8.55. The molecule has 0 aromatic rings. The van der Waals surface area contributed by atoms with E-state index in [9.17, 15) is 5.11 Å². The van der Waals surface area contributed by atoms with Gasteiger partial charge in [0.1, 0.15) is 0 Å². The molecule has 3 heteroatoms. The average molecular weight is 284 g/mol. The van der Waals surface area contributed by atoms with Gasteiger partial charge in [0.15, 0.2) is 0 Å². The SMILES string of the molecule is OC1C2CCCCC([Se]2)C1Br. The zero-order valence-corrected chi connectivity index (χ0v) is 9.67. The predicted molar refractivity (Wildman–Crippen MR) is 50.4 cm³/mol. The van der Waals surface area contributed by atoms with Crippen molar-refractivity contribution in [1.29, 1.82) is 0 Å². The predicted octanol–water partition coefficient (Wildman–Crippen LogP) is 1.98. The van der Waals surface area contributed by atoms with Crippen LogP contribution in [0.4, 0.5) is 0 Å². The van der Waals surface area contributed by atoms with Crippen LogP contribution in [0.3, 0.4) is 0 Å². The van der Waals surface area contributed by atoms with Gasteiger partial charge in [-0.3, -0.25) is 0 Å². The molecule has 2 saturated heterocycles. The van der Waals surface area contributed by atoms with E-state index in [0.29, 0.717) is 24.6 Å². The summed E-state index contributed by atoms with van der Waals surface area (Å²) >= 11 is 4.32. The third-order valence-electron chi connectivity index (χ3n) is 2.64. The number of rotatable bonds is 0. The third-order valence-corrected chi connectivity index (χ3v) is 8.26. The first-order chi connectivity index (χ1) is 5.29. The number of fused-ring (bicyclic) bond motifs is 2. The summed E-state index contributed by atoms with van der Waals surface area (Å²) in [5.41, 5.74) is 0. The van der Waals surface area contributed by atoms with Crippen LogP contribution >= 0.6 is 15.9 Å². The van der Waals surface area contributed by atoms with Gasteiger partial charge < -0.3 is 0 Å². The monoisotopic (exact) mass is 284 g/mol. The van der Waals surface area contributed by atoms with E-state index in [4.69, 9.17) is 0 Å². The van der Waals surface area contributed by atoms with Crippen molar-refractivity contribution in [1.82, 2.24) is 0 Å². The van der Waals surface area contributed by atoms with Crippen LogP contribution in [0, 0.1) is 0 Å². The molecular weight excluding hydrogens is 271 g/mol. The Hall–Kier alpha value is 0.959. The van der Waals surface area contributed by atoms with Crippen LogP contribution in [0.25, 0.3) is 0 Å². The molecule has 0 amide bonds. The topological polar surface area (TPSA) is 20.2 Å². The van der Waals surface area contributed by atoms with Crippen LogP contribution in [0.5, 0.6) is 0 Å². The van der Waals surface area contributed by atoms with Crippen molar-refractivity contribution in [3.05, 3.63) is 0 Å². The maximum atomic E-state index is 9.76. The molecule has 2 fully saturated rings. The molecule has 0 radical (unpaired) electrons. The number of aliphatic hydroxyl groups is 1. The minimum absolute atomic E-state index is 0.0275. The second-order valence-electron chi connectivity index (χ2n) is 3.43. The van der Waals surface area contributed by atoms with Crippen molar-refractivity contribution in [2.45, 2.75) is 46.2 Å². The molecule has 64 valence electrons. The van der Waals surface area contributed by atoms with Gasteiger partial charge in [-0.2, -0.15) is 0 Å². The molecule has 2 heterocycles. The normalized spacial score (nSPS) is 50.7. The summed E-state index contributed by atoms with van der Waals surface area (Å²) in [6, 6.07) is 0. The van der Waals surface area contributed by atoms with Gasteiger partial charge in [0.2, 0.25) is 0 Å². The van der Waals surface area contributed by atoms with E-state index in [2.05, 4.69) is 15.9 Å². The van der Waals surface area contributed by atoms with E-state index in [1.54, 1.807) is 0 Å². The molecule has 0 aliphatic carbocycles. The molecule has 2 aliphatic rings. The summed E-state index contributed by atoms with van der Waals surface area (Å²) < 4.78 is 0. The molecule has 1 N–H and O–H groups in total. The molecule has 2 bridgehead atoms. The summed E-state index contributed by atoms with van der Waals surface area (Å²) in [5.74, 6) is 0. The van der Waals surface area contributed by atoms with Crippen molar-refractivity contribution in [3.63, 3.8) is 0 Å². The van der Waals surface area contributed by atoms with Gasteiger partial charge in [-0.05, 0) is 0 Å². The molecule has 2 aliphatic heterocycles. The number of hydrogen-bond acceptors (Lipinski definition) is 1. The van der Waals surface area contributed by atoms with Crippen LogP contribution < -0.4 is 0 Å². The molecule has 4 unspecified atom stereocenters. The van der Waals surface area contributed by atoms with E-state index in [1.807, 2.05) is 0 Å². The van der Waals surface area contributed by atoms with Crippen molar-refractivity contribution >= 4 is 30.9 Å². The minimum atomic E-state index is -0.0275. The van der Waals surface area contributed by atoms with Crippen LogP contribution in [-0.4, -0.2) is 31.0 Å². The third kappa shape index (κ3) is 1.53. The fraction of sp³-hybridized carbons (Fsp3) is 1.00. The Morgan fingerprint density at radius 1 is 1.18 bits per heavy atom. The Bertz CT molecular complexity index is 137. The molecule has 1 nitrogen and oxygen atoms in total. The fourth-order valence-corrected chi connectivity index (χ4v) is 7.26. The number of alkyl halides is 1. The van der Waals surface area contributed by atoms with E-state index < -0.39 is 0 Å². The Kier molecular flexibility index (Phi) is 2.62. The number of hydrogen-bond donors (Lipinski definition) is 1. The van der Waals surface area contributed by atoms with Gasteiger partial charge in [0.25, 0.3) is 0 Å². The van der Waals surface area contributed by atoms with Crippen LogP contribution in [0.1, 0.15) is 25.7 Å². The van der Waals surface area contributed by atoms with Gasteiger partial charge >= 0.3 is 82.2 Å². The molecule has 0 aromatic heterocycles. The maximum absolute atomic E-state index is 9.76. The summed E-state index contributed by atoms with van der Waals surface area (Å²) in [4.78, 5) is 1.91. The zero-order chi connectivity index (χ0) is 7.84. The average Bonchev–Trinajstić information content (AvgIpc) is 2.31. The van der Waals surface area contributed by atoms with E-state index >= 15 is 0 Å². The number of halogens is 1. The van der Waals surface area contributed by atoms with Crippen molar-refractivity contribution in [3.8, 4) is 0 Å². The molecular formula is C8H13BrOSe. The van der Waals surface area contributed by atoms with Crippen molar-refractivity contribution < 1.29 is 5.11 Å². The van der Waals surface area contributed by atoms with Crippen LogP contribution in [0.15, 0.2) is 0 Å². The van der Waals surface area contributed by atoms with Gasteiger partial charge in [-0.1, -0.05) is 0 Å². The van der Waals surface area contributed by atoms with Gasteiger partial charge in [0, 0.05) is 0 Å². The summed E-state index contributed by atoms with van der Waals surface area (Å²) in [6.07, 6.45) is 5.33. The Morgan fingerprint density at radius 2 is 1.82 bits per heavy atom. The second-order valence-corrected chi connectivity index (χ2v) is 7.60. The Morgan fingerprint density at radius 3 is 2.55 bits per heavy atom. The standard InChI is InChI=1S/C8H13BrOSe/c9-7-5-3-1-2-4-6(11-5)8(7)10/h5-8,10H,1-4H2. The van der Waals surface area contributed by atoms with Gasteiger partial charge in [0.05, 0.1) is 0 Å². The molecule has 0 spiro atoms. The van der Waals surface area contributed by atoms with Crippen molar-refractivity contribution in [2.24, 2.45) is 0 Å². The Balaban J connectivity index is 2.10. The molecule has 4 atom stereocenters. The molecule has 0 aromatic carbocycles. The van der Waals surface area contributed by atoms with Crippen LogP contribution in [-0.2, 0) is 0 Å². The number of aliphatic hydroxyl groups excluding tert-OH is 1. The Labute approximate surface area is 82.2 Å². The molecule has 0 saturated carbocycles. The second kappa shape index (κ2) is 3.37. The first-order valence-electron chi connectivity index (χ1n) is 4.26. The van der Waals surface area contributed by atoms with Crippen molar-refractivity contribution in [2.75, 3.05) is 0 Å². The van der Waals surface area contributed by atoms with Crippen LogP contribution in [0.2, 0.25) is 9.63 Å². The molecule has 2 rings (SSSR count). The van der Waals surface area contributed by atoms with E-state index in [0.717, 1.165) is 4.82 Å². The fourth-order valence-electron chi connectivity index (χ4n) is 1.96. The van der Waals surface area contributed by atoms with Gasteiger partial charge in [-0.15, -0.1) is 0 Å². The van der Waals surface area contributed by atoms with E-state index in [-0.39, 0.29) is 6.10 Å². The summed E-state index contributed by atoms with van der Waals surface area (Å²) in [7, 11) is 0. The quantitative estimate of drug-likeness (QED) is 0.532. The zero-order valence-electron chi connectivity index (χ0n) is 6.37.